The summed E-state index contributed by atoms with van der Waals surface area (Å²) in [4.78, 5) is 13.1. The average molecular weight is 219 g/mol. The van der Waals surface area contributed by atoms with Gasteiger partial charge in [-0.2, -0.15) is 0 Å². The molecule has 4 heteroatoms. The Morgan fingerprint density at radius 3 is 2.62 bits per heavy atom. The number of nitrogens with zero attached hydrogens (tertiary/aromatic N) is 1. The molecule has 1 amide bonds. The normalized spacial score (nSPS) is 15.3. The Labute approximate surface area is 95.2 Å². The number of rotatable bonds is 5. The summed E-state index contributed by atoms with van der Waals surface area (Å²) in [6.45, 7) is 1.03. The van der Waals surface area contributed by atoms with Gasteiger partial charge in [-0.3, -0.25) is 9.69 Å². The number of benzene rings is 1. The number of hydrogen-bond acceptors (Lipinski definition) is 3. The van der Waals surface area contributed by atoms with E-state index in [-0.39, 0.29) is 5.91 Å². The van der Waals surface area contributed by atoms with Crippen molar-refractivity contribution in [2.45, 2.75) is 25.4 Å². The Morgan fingerprint density at radius 2 is 2.06 bits per heavy atom. The van der Waals surface area contributed by atoms with E-state index in [2.05, 4.69) is 4.90 Å². The summed E-state index contributed by atoms with van der Waals surface area (Å²) in [7, 11) is 0. The van der Waals surface area contributed by atoms with Crippen molar-refractivity contribution in [3.63, 3.8) is 0 Å². The van der Waals surface area contributed by atoms with Gasteiger partial charge in [-0.05, 0) is 24.5 Å². The molecule has 1 saturated carbocycles. The standard InChI is InChI=1S/C12H17N3O/c13-11-4-2-1-3-9(11)7-15(8-12(14)16)10-5-6-10/h1-4,10H,5-8,13H2,(H2,14,16). The summed E-state index contributed by atoms with van der Waals surface area (Å²) in [5.74, 6) is -0.276. The lowest BCUT2D eigenvalue weighted by Gasteiger charge is -2.20. The fraction of sp³-hybridized carbons (Fsp3) is 0.417. The van der Waals surface area contributed by atoms with Crippen LogP contribution in [0.3, 0.4) is 0 Å². The van der Waals surface area contributed by atoms with Gasteiger partial charge in [0.1, 0.15) is 0 Å². The van der Waals surface area contributed by atoms with Gasteiger partial charge in [0.25, 0.3) is 0 Å². The molecule has 0 spiro atoms. The van der Waals surface area contributed by atoms with Crippen molar-refractivity contribution in [2.24, 2.45) is 5.73 Å². The molecule has 1 aromatic rings. The minimum atomic E-state index is -0.276. The number of anilines is 1. The van der Waals surface area contributed by atoms with Crippen molar-refractivity contribution < 1.29 is 4.79 Å². The largest absolute Gasteiger partial charge is 0.398 e. The number of nitrogens with two attached hydrogens (primary N) is 2. The topological polar surface area (TPSA) is 72.4 Å². The molecule has 1 aliphatic rings. The number of amides is 1. The second-order valence-corrected chi connectivity index (χ2v) is 4.30. The predicted octanol–water partition coefficient (Wildman–Crippen LogP) is 0.718. The molecule has 1 aliphatic carbocycles. The van der Waals surface area contributed by atoms with Gasteiger partial charge in [-0.15, -0.1) is 0 Å². The molecular formula is C12H17N3O. The van der Waals surface area contributed by atoms with Gasteiger partial charge in [0.05, 0.1) is 6.54 Å². The quantitative estimate of drug-likeness (QED) is 0.717. The Hall–Kier alpha value is -1.55. The molecule has 4 nitrogen and oxygen atoms in total. The number of carbonyl (C=O) groups excluding carboxylic acids is 1. The third kappa shape index (κ3) is 2.73. The van der Waals surface area contributed by atoms with E-state index in [0.29, 0.717) is 19.1 Å². The Bertz CT molecular complexity index is 388. The van der Waals surface area contributed by atoms with E-state index in [1.165, 1.54) is 0 Å². The molecule has 0 atom stereocenters. The van der Waals surface area contributed by atoms with E-state index in [9.17, 15) is 4.79 Å². The Morgan fingerprint density at radius 1 is 1.38 bits per heavy atom. The molecule has 0 unspecified atom stereocenters. The van der Waals surface area contributed by atoms with Crippen LogP contribution in [0.15, 0.2) is 24.3 Å². The molecule has 0 saturated heterocycles. The summed E-state index contributed by atoms with van der Waals surface area (Å²) >= 11 is 0. The monoisotopic (exact) mass is 219 g/mol. The fourth-order valence-electron chi connectivity index (χ4n) is 1.85. The first kappa shape index (κ1) is 11.0. The van der Waals surface area contributed by atoms with E-state index >= 15 is 0 Å². The van der Waals surface area contributed by atoms with Crippen LogP contribution in [0.4, 0.5) is 5.69 Å². The summed E-state index contributed by atoms with van der Waals surface area (Å²) in [6, 6.07) is 8.25. The van der Waals surface area contributed by atoms with Crippen LogP contribution in [0.25, 0.3) is 0 Å². The van der Waals surface area contributed by atoms with Gasteiger partial charge >= 0.3 is 0 Å². The van der Waals surface area contributed by atoms with E-state index < -0.39 is 0 Å². The Kier molecular flexibility index (Phi) is 3.10. The maximum absolute atomic E-state index is 11.0. The Balaban J connectivity index is 2.05. The highest BCUT2D eigenvalue weighted by atomic mass is 16.1. The molecule has 0 radical (unpaired) electrons. The number of nitrogen functional groups attached to an aromatic ring is 1. The first-order valence-electron chi connectivity index (χ1n) is 5.52. The molecular weight excluding hydrogens is 202 g/mol. The number of carbonyl (C=O) groups is 1. The summed E-state index contributed by atoms with van der Waals surface area (Å²) in [5, 5.41) is 0. The number of para-hydroxylation sites is 1. The fourth-order valence-corrected chi connectivity index (χ4v) is 1.85. The minimum absolute atomic E-state index is 0.276. The second kappa shape index (κ2) is 4.53. The van der Waals surface area contributed by atoms with E-state index in [4.69, 9.17) is 11.5 Å². The van der Waals surface area contributed by atoms with Gasteiger partial charge < -0.3 is 11.5 Å². The highest BCUT2D eigenvalue weighted by molar-refractivity contribution is 5.76. The van der Waals surface area contributed by atoms with Crippen LogP contribution in [-0.2, 0) is 11.3 Å². The van der Waals surface area contributed by atoms with Crippen LogP contribution in [-0.4, -0.2) is 23.4 Å². The first-order chi connectivity index (χ1) is 7.66. The van der Waals surface area contributed by atoms with Crippen molar-refractivity contribution >= 4 is 11.6 Å². The van der Waals surface area contributed by atoms with E-state index in [1.54, 1.807) is 0 Å². The maximum Gasteiger partial charge on any atom is 0.231 e. The SMILES string of the molecule is NC(=O)CN(Cc1ccccc1N)C1CC1. The summed E-state index contributed by atoms with van der Waals surface area (Å²) in [5.41, 5.74) is 13.0. The zero-order chi connectivity index (χ0) is 11.5. The highest BCUT2D eigenvalue weighted by Crippen LogP contribution is 2.28. The minimum Gasteiger partial charge on any atom is -0.398 e. The number of hydrogen-bond donors (Lipinski definition) is 2. The molecule has 0 aromatic heterocycles. The van der Waals surface area contributed by atoms with Crippen molar-refractivity contribution in [2.75, 3.05) is 12.3 Å². The van der Waals surface area contributed by atoms with Gasteiger partial charge in [0.2, 0.25) is 5.91 Å². The molecule has 1 fully saturated rings. The second-order valence-electron chi connectivity index (χ2n) is 4.30. The number of primary amides is 1. The lowest BCUT2D eigenvalue weighted by atomic mass is 10.1. The third-order valence-corrected chi connectivity index (χ3v) is 2.85. The van der Waals surface area contributed by atoms with Crippen LogP contribution < -0.4 is 11.5 Å². The van der Waals surface area contributed by atoms with Crippen molar-refractivity contribution in [3.8, 4) is 0 Å². The smallest absolute Gasteiger partial charge is 0.231 e. The van der Waals surface area contributed by atoms with Crippen LogP contribution in [0.2, 0.25) is 0 Å². The average Bonchev–Trinajstić information content (AvgIpc) is 3.03. The lowest BCUT2D eigenvalue weighted by Crippen LogP contribution is -2.35. The summed E-state index contributed by atoms with van der Waals surface area (Å²) < 4.78 is 0. The molecule has 86 valence electrons. The zero-order valence-corrected chi connectivity index (χ0v) is 9.23. The molecule has 0 bridgehead atoms. The molecule has 0 heterocycles. The van der Waals surface area contributed by atoms with Crippen LogP contribution in [0, 0.1) is 0 Å². The van der Waals surface area contributed by atoms with Crippen LogP contribution in [0.1, 0.15) is 18.4 Å². The van der Waals surface area contributed by atoms with Crippen LogP contribution in [0.5, 0.6) is 0 Å². The van der Waals surface area contributed by atoms with Gasteiger partial charge in [0, 0.05) is 18.3 Å². The highest BCUT2D eigenvalue weighted by Gasteiger charge is 2.29. The molecule has 2 rings (SSSR count). The molecule has 4 N–H and O–H groups in total. The van der Waals surface area contributed by atoms with Crippen molar-refractivity contribution in [1.82, 2.24) is 4.90 Å². The van der Waals surface area contributed by atoms with E-state index in [0.717, 1.165) is 24.1 Å². The summed E-state index contributed by atoms with van der Waals surface area (Å²) in [6.07, 6.45) is 2.31. The first-order valence-corrected chi connectivity index (χ1v) is 5.52. The molecule has 0 aliphatic heterocycles. The molecule has 1 aromatic carbocycles. The van der Waals surface area contributed by atoms with E-state index in [1.807, 2.05) is 24.3 Å². The van der Waals surface area contributed by atoms with Crippen molar-refractivity contribution in [1.29, 1.82) is 0 Å². The van der Waals surface area contributed by atoms with Gasteiger partial charge in [-0.1, -0.05) is 18.2 Å². The van der Waals surface area contributed by atoms with Crippen LogP contribution >= 0.6 is 0 Å². The maximum atomic E-state index is 11.0. The predicted molar refractivity (Wildman–Crippen MR) is 63.5 cm³/mol. The van der Waals surface area contributed by atoms with Gasteiger partial charge in [0.15, 0.2) is 0 Å². The molecule has 16 heavy (non-hydrogen) atoms. The third-order valence-electron chi connectivity index (χ3n) is 2.85. The zero-order valence-electron chi connectivity index (χ0n) is 9.23. The van der Waals surface area contributed by atoms with Crippen molar-refractivity contribution in [3.05, 3.63) is 29.8 Å². The van der Waals surface area contributed by atoms with Gasteiger partial charge in [-0.25, -0.2) is 0 Å². The lowest BCUT2D eigenvalue weighted by molar-refractivity contribution is -0.119.